The Morgan fingerprint density at radius 2 is 1.48 bits per heavy atom. The van der Waals surface area contributed by atoms with Crippen LogP contribution in [0.15, 0.2) is 59.5 Å². The molecule has 2 aromatic rings. The molecule has 4 rings (SSSR count). The molecule has 2 aliphatic rings. The Kier molecular flexibility index (Phi) is 8.14. The van der Waals surface area contributed by atoms with Gasteiger partial charge in [0.25, 0.3) is 5.91 Å². The Bertz CT molecular complexity index is 998. The summed E-state index contributed by atoms with van der Waals surface area (Å²) in [5.41, 5.74) is 1.80. The molecule has 2 aromatic carbocycles. The summed E-state index contributed by atoms with van der Waals surface area (Å²) >= 11 is 0. The third kappa shape index (κ3) is 6.41. The number of sulfonamides is 1. The van der Waals surface area contributed by atoms with E-state index in [0.29, 0.717) is 43.2 Å². The number of rotatable bonds is 9. The lowest BCUT2D eigenvalue weighted by atomic mass is 10.1. The lowest BCUT2D eigenvalue weighted by molar-refractivity contribution is 0.0952. The molecule has 2 heterocycles. The molecule has 0 bridgehead atoms. The van der Waals surface area contributed by atoms with Crippen molar-refractivity contribution in [2.75, 3.05) is 52.4 Å². The van der Waals surface area contributed by atoms with Crippen molar-refractivity contribution in [2.45, 2.75) is 30.7 Å². The quantitative estimate of drug-likeness (QED) is 0.570. The predicted octanol–water partition coefficient (Wildman–Crippen LogP) is 2.41. The summed E-state index contributed by atoms with van der Waals surface area (Å²) in [5, 5.41) is 3.02. The van der Waals surface area contributed by atoms with Gasteiger partial charge in [-0.1, -0.05) is 30.3 Å². The average Bonchev–Trinajstić information content (AvgIpc) is 3.37. The van der Waals surface area contributed by atoms with Gasteiger partial charge in [0.2, 0.25) is 10.0 Å². The fourth-order valence-corrected chi connectivity index (χ4v) is 5.95. The molecule has 2 saturated heterocycles. The van der Waals surface area contributed by atoms with Crippen LogP contribution in [0, 0.1) is 0 Å². The molecule has 0 unspecified atom stereocenters. The maximum atomic E-state index is 12.8. The van der Waals surface area contributed by atoms with Crippen molar-refractivity contribution in [3.8, 4) is 0 Å². The Labute approximate surface area is 197 Å². The molecule has 0 spiro atoms. The molecular formula is C25H34N4O3S. The van der Waals surface area contributed by atoms with E-state index in [4.69, 9.17) is 0 Å². The first kappa shape index (κ1) is 23.9. The largest absolute Gasteiger partial charge is 0.352 e. The maximum absolute atomic E-state index is 12.8. The van der Waals surface area contributed by atoms with Crippen LogP contribution in [0.3, 0.4) is 0 Å². The van der Waals surface area contributed by atoms with E-state index in [9.17, 15) is 13.2 Å². The molecule has 2 aliphatic heterocycles. The van der Waals surface area contributed by atoms with E-state index in [2.05, 4.69) is 15.1 Å². The Hall–Kier alpha value is -2.26. The molecule has 1 N–H and O–H groups in total. The third-order valence-corrected chi connectivity index (χ3v) is 8.38. The number of hydrogen-bond acceptors (Lipinski definition) is 5. The summed E-state index contributed by atoms with van der Waals surface area (Å²) in [6.07, 6.45) is 3.57. The standard InChI is InChI=1S/C25H34N4O3S/c30-25(26-13-6-16-27-14-4-5-15-27)23-11-9-22(10-12-23)21-28-17-19-29(20-18-28)33(31,32)24-7-2-1-3-8-24/h1-3,7-12H,4-6,13-21H2,(H,26,30). The van der Waals surface area contributed by atoms with Crippen LogP contribution in [0.4, 0.5) is 0 Å². The zero-order chi connectivity index (χ0) is 23.1. The molecule has 0 radical (unpaired) electrons. The van der Waals surface area contributed by atoms with Crippen LogP contribution >= 0.6 is 0 Å². The minimum atomic E-state index is -3.43. The molecule has 178 valence electrons. The second-order valence-electron chi connectivity index (χ2n) is 8.85. The SMILES string of the molecule is O=C(NCCCN1CCCC1)c1ccc(CN2CCN(S(=O)(=O)c3ccccc3)CC2)cc1. The van der Waals surface area contributed by atoms with E-state index in [1.54, 1.807) is 28.6 Å². The molecule has 2 fully saturated rings. The van der Waals surface area contributed by atoms with Crippen LogP contribution < -0.4 is 5.32 Å². The maximum Gasteiger partial charge on any atom is 0.251 e. The zero-order valence-electron chi connectivity index (χ0n) is 19.2. The zero-order valence-corrected chi connectivity index (χ0v) is 20.0. The van der Waals surface area contributed by atoms with Gasteiger partial charge >= 0.3 is 0 Å². The summed E-state index contributed by atoms with van der Waals surface area (Å²) < 4.78 is 27.1. The molecule has 0 aliphatic carbocycles. The lowest BCUT2D eigenvalue weighted by Crippen LogP contribution is -2.48. The van der Waals surface area contributed by atoms with Gasteiger partial charge in [0.15, 0.2) is 0 Å². The van der Waals surface area contributed by atoms with Crippen LogP contribution in [-0.2, 0) is 16.6 Å². The van der Waals surface area contributed by atoms with Crippen LogP contribution in [0.25, 0.3) is 0 Å². The number of nitrogens with one attached hydrogen (secondary N) is 1. The third-order valence-electron chi connectivity index (χ3n) is 6.47. The van der Waals surface area contributed by atoms with Crippen molar-refractivity contribution < 1.29 is 13.2 Å². The summed E-state index contributed by atoms with van der Waals surface area (Å²) in [6.45, 7) is 7.21. The van der Waals surface area contributed by atoms with Gasteiger partial charge in [0.1, 0.15) is 0 Å². The Morgan fingerprint density at radius 3 is 2.15 bits per heavy atom. The number of benzene rings is 2. The van der Waals surface area contributed by atoms with Crippen LogP contribution in [0.1, 0.15) is 35.2 Å². The summed E-state index contributed by atoms with van der Waals surface area (Å²) in [6, 6.07) is 16.4. The van der Waals surface area contributed by atoms with E-state index < -0.39 is 10.0 Å². The van der Waals surface area contributed by atoms with Crippen molar-refractivity contribution in [3.63, 3.8) is 0 Å². The van der Waals surface area contributed by atoms with E-state index in [1.807, 2.05) is 30.3 Å². The highest BCUT2D eigenvalue weighted by Gasteiger charge is 2.28. The van der Waals surface area contributed by atoms with Gasteiger partial charge < -0.3 is 10.2 Å². The summed E-state index contributed by atoms with van der Waals surface area (Å²) in [4.78, 5) is 17.5. The van der Waals surface area contributed by atoms with Gasteiger partial charge in [-0.05, 0) is 68.7 Å². The molecule has 0 saturated carbocycles. The molecule has 0 aromatic heterocycles. The van der Waals surface area contributed by atoms with Crippen molar-refractivity contribution in [1.29, 1.82) is 0 Å². The first-order valence-corrected chi connectivity index (χ1v) is 13.3. The van der Waals surface area contributed by atoms with Gasteiger partial charge in [0.05, 0.1) is 4.90 Å². The van der Waals surface area contributed by atoms with E-state index in [1.165, 1.54) is 25.9 Å². The highest BCUT2D eigenvalue weighted by molar-refractivity contribution is 7.89. The van der Waals surface area contributed by atoms with Crippen LogP contribution in [0.5, 0.6) is 0 Å². The fourth-order valence-electron chi connectivity index (χ4n) is 4.50. The fraction of sp³-hybridized carbons (Fsp3) is 0.480. The van der Waals surface area contributed by atoms with Gasteiger partial charge in [-0.3, -0.25) is 9.69 Å². The molecular weight excluding hydrogens is 436 g/mol. The normalized spacial score (nSPS) is 18.4. The minimum Gasteiger partial charge on any atom is -0.352 e. The van der Waals surface area contributed by atoms with Gasteiger partial charge in [0, 0.05) is 44.8 Å². The molecule has 0 atom stereocenters. The van der Waals surface area contributed by atoms with Crippen molar-refractivity contribution in [2.24, 2.45) is 0 Å². The monoisotopic (exact) mass is 470 g/mol. The first-order chi connectivity index (χ1) is 16.0. The van der Waals surface area contributed by atoms with Gasteiger partial charge in [-0.25, -0.2) is 8.42 Å². The van der Waals surface area contributed by atoms with Crippen LogP contribution in [0.2, 0.25) is 0 Å². The van der Waals surface area contributed by atoms with Crippen molar-refractivity contribution in [1.82, 2.24) is 19.4 Å². The number of carbonyl (C=O) groups excluding carboxylic acids is 1. The van der Waals surface area contributed by atoms with Crippen molar-refractivity contribution >= 4 is 15.9 Å². The van der Waals surface area contributed by atoms with E-state index in [-0.39, 0.29) is 5.91 Å². The topological polar surface area (TPSA) is 73.0 Å². The summed E-state index contributed by atoms with van der Waals surface area (Å²) in [5.74, 6) is -0.0253. The Morgan fingerprint density at radius 1 is 0.818 bits per heavy atom. The molecule has 33 heavy (non-hydrogen) atoms. The number of hydrogen-bond donors (Lipinski definition) is 1. The molecule has 7 nitrogen and oxygen atoms in total. The average molecular weight is 471 g/mol. The minimum absolute atomic E-state index is 0.0253. The number of carbonyl (C=O) groups is 1. The molecule has 8 heteroatoms. The van der Waals surface area contributed by atoms with E-state index >= 15 is 0 Å². The highest BCUT2D eigenvalue weighted by atomic mass is 32.2. The van der Waals surface area contributed by atoms with Crippen molar-refractivity contribution in [3.05, 3.63) is 65.7 Å². The smallest absolute Gasteiger partial charge is 0.251 e. The van der Waals surface area contributed by atoms with Gasteiger partial charge in [-0.2, -0.15) is 4.31 Å². The lowest BCUT2D eigenvalue weighted by Gasteiger charge is -2.34. The first-order valence-electron chi connectivity index (χ1n) is 11.9. The highest BCUT2D eigenvalue weighted by Crippen LogP contribution is 2.18. The second kappa shape index (κ2) is 11.2. The second-order valence-corrected chi connectivity index (χ2v) is 10.8. The summed E-state index contributed by atoms with van der Waals surface area (Å²) in [7, 11) is -3.43. The molecule has 1 amide bonds. The number of nitrogens with zero attached hydrogens (tertiary/aromatic N) is 3. The van der Waals surface area contributed by atoms with Crippen LogP contribution in [-0.4, -0.2) is 80.8 Å². The Balaban J connectivity index is 1.20. The number of amides is 1. The number of likely N-dealkylation sites (tertiary alicyclic amines) is 1. The number of piperazine rings is 1. The van der Waals surface area contributed by atoms with Gasteiger partial charge in [-0.15, -0.1) is 0 Å². The van der Waals surface area contributed by atoms with E-state index in [0.717, 1.165) is 25.1 Å². The predicted molar refractivity (Wildman–Crippen MR) is 130 cm³/mol.